The molecule has 1 aromatic rings. The molecule has 0 aromatic heterocycles. The predicted molar refractivity (Wildman–Crippen MR) is 81.1 cm³/mol. The molecule has 2 rings (SSSR count). The van der Waals surface area contributed by atoms with Gasteiger partial charge in [0.1, 0.15) is 0 Å². The number of hydrogen-bond acceptors (Lipinski definition) is 3. The van der Waals surface area contributed by atoms with E-state index in [1.165, 1.54) is 0 Å². The number of anilines is 1. The van der Waals surface area contributed by atoms with Crippen molar-refractivity contribution in [3.63, 3.8) is 0 Å². The van der Waals surface area contributed by atoms with Crippen LogP contribution in [0.3, 0.4) is 0 Å². The molecule has 1 amide bonds. The van der Waals surface area contributed by atoms with Gasteiger partial charge in [-0.25, -0.2) is 0 Å². The number of rotatable bonds is 4. The number of carbonyl (C=O) groups excluding carboxylic acids is 1. The fourth-order valence-corrected chi connectivity index (χ4v) is 2.78. The third kappa shape index (κ3) is 3.42. The zero-order valence-electron chi connectivity index (χ0n) is 12.5. The first-order valence-corrected chi connectivity index (χ1v) is 7.27. The second-order valence-electron chi connectivity index (χ2n) is 6.05. The number of hydrogen-bond donors (Lipinski definition) is 2. The molecule has 5 nitrogen and oxygen atoms in total. The maximum absolute atomic E-state index is 12.6. The van der Waals surface area contributed by atoms with Gasteiger partial charge in [0.15, 0.2) is 0 Å². The number of nitrogens with two attached hydrogens (primary N) is 1. The van der Waals surface area contributed by atoms with E-state index in [0.717, 1.165) is 11.3 Å². The van der Waals surface area contributed by atoms with Gasteiger partial charge in [-0.2, -0.15) is 0 Å². The molecule has 2 unspecified atom stereocenters. The monoisotopic (exact) mass is 290 g/mol. The number of para-hydroxylation sites is 1. The quantitative estimate of drug-likeness (QED) is 0.883. The minimum Gasteiger partial charge on any atom is -0.481 e. The Bertz CT molecular complexity index is 542. The highest BCUT2D eigenvalue weighted by Crippen LogP contribution is 2.30. The molecule has 0 saturated carbocycles. The summed E-state index contributed by atoms with van der Waals surface area (Å²) in [6.45, 7) is 4.21. The van der Waals surface area contributed by atoms with Gasteiger partial charge in [0.2, 0.25) is 5.91 Å². The van der Waals surface area contributed by atoms with Crippen LogP contribution >= 0.6 is 0 Å². The molecule has 0 saturated heterocycles. The van der Waals surface area contributed by atoms with E-state index in [2.05, 4.69) is 0 Å². The van der Waals surface area contributed by atoms with Gasteiger partial charge in [0, 0.05) is 12.2 Å². The lowest BCUT2D eigenvalue weighted by Crippen LogP contribution is -2.49. The summed E-state index contributed by atoms with van der Waals surface area (Å²) in [6, 6.07) is 6.85. The van der Waals surface area contributed by atoms with Crippen LogP contribution in [0.1, 0.15) is 25.8 Å². The molecule has 21 heavy (non-hydrogen) atoms. The van der Waals surface area contributed by atoms with Crippen LogP contribution in [0.2, 0.25) is 0 Å². The summed E-state index contributed by atoms with van der Waals surface area (Å²) in [6.07, 6.45) is 1.05. The van der Waals surface area contributed by atoms with Crippen LogP contribution in [0.5, 0.6) is 0 Å². The van der Waals surface area contributed by atoms with E-state index < -0.39 is 17.9 Å². The highest BCUT2D eigenvalue weighted by molar-refractivity contribution is 5.99. The summed E-state index contributed by atoms with van der Waals surface area (Å²) in [5.41, 5.74) is 7.67. The van der Waals surface area contributed by atoms with Crippen molar-refractivity contribution in [1.82, 2.24) is 0 Å². The van der Waals surface area contributed by atoms with E-state index in [-0.39, 0.29) is 12.5 Å². The molecule has 0 spiro atoms. The van der Waals surface area contributed by atoms with Crippen molar-refractivity contribution < 1.29 is 14.7 Å². The second-order valence-corrected chi connectivity index (χ2v) is 6.05. The number of carboxylic acids is 1. The first kappa shape index (κ1) is 15.5. The van der Waals surface area contributed by atoms with Crippen molar-refractivity contribution >= 4 is 17.6 Å². The summed E-state index contributed by atoms with van der Waals surface area (Å²) in [4.78, 5) is 25.4. The summed E-state index contributed by atoms with van der Waals surface area (Å²) < 4.78 is 0. The van der Waals surface area contributed by atoms with Crippen LogP contribution in [0.15, 0.2) is 24.3 Å². The van der Waals surface area contributed by atoms with Gasteiger partial charge in [-0.05, 0) is 30.4 Å². The maximum atomic E-state index is 12.6. The number of aliphatic carboxylic acids is 1. The number of carbonyl (C=O) groups is 2. The Morgan fingerprint density at radius 3 is 2.67 bits per heavy atom. The lowest BCUT2D eigenvalue weighted by molar-refractivity contribution is -0.141. The molecule has 0 bridgehead atoms. The summed E-state index contributed by atoms with van der Waals surface area (Å²) in [7, 11) is 0. The first-order chi connectivity index (χ1) is 9.90. The van der Waals surface area contributed by atoms with Crippen LogP contribution < -0.4 is 10.6 Å². The number of nitrogens with zero attached hydrogens (tertiary/aromatic N) is 1. The van der Waals surface area contributed by atoms with E-state index in [1.54, 1.807) is 4.90 Å². The Hall–Kier alpha value is -1.88. The van der Waals surface area contributed by atoms with Crippen molar-refractivity contribution in [3.05, 3.63) is 29.8 Å². The fourth-order valence-electron chi connectivity index (χ4n) is 2.78. The Morgan fingerprint density at radius 1 is 1.38 bits per heavy atom. The van der Waals surface area contributed by atoms with E-state index in [0.29, 0.717) is 18.8 Å². The van der Waals surface area contributed by atoms with Gasteiger partial charge in [-0.3, -0.25) is 9.59 Å². The van der Waals surface area contributed by atoms with Crippen molar-refractivity contribution in [1.29, 1.82) is 0 Å². The maximum Gasteiger partial charge on any atom is 0.308 e. The summed E-state index contributed by atoms with van der Waals surface area (Å²) >= 11 is 0. The number of fused-ring (bicyclic) bond motifs is 1. The minimum absolute atomic E-state index is 0.191. The SMILES string of the molecule is CC(C)CC(N)C(=O)N1CC(C(=O)O)Cc2ccccc21. The molecule has 3 N–H and O–H groups in total. The smallest absolute Gasteiger partial charge is 0.308 e. The van der Waals surface area contributed by atoms with Gasteiger partial charge in [0.25, 0.3) is 0 Å². The molecule has 1 aromatic carbocycles. The van der Waals surface area contributed by atoms with Crippen LogP contribution in [0, 0.1) is 11.8 Å². The lowest BCUT2D eigenvalue weighted by atomic mass is 9.91. The second kappa shape index (κ2) is 6.26. The third-order valence-electron chi connectivity index (χ3n) is 3.81. The van der Waals surface area contributed by atoms with E-state index >= 15 is 0 Å². The molecule has 0 fully saturated rings. The van der Waals surface area contributed by atoms with Gasteiger partial charge in [-0.1, -0.05) is 32.0 Å². The molecule has 0 radical (unpaired) electrons. The first-order valence-electron chi connectivity index (χ1n) is 7.27. The normalized spacial score (nSPS) is 19.2. The molecule has 5 heteroatoms. The van der Waals surface area contributed by atoms with Crippen molar-refractivity contribution in [2.24, 2.45) is 17.6 Å². The van der Waals surface area contributed by atoms with Gasteiger partial charge in [-0.15, -0.1) is 0 Å². The Morgan fingerprint density at radius 2 is 2.05 bits per heavy atom. The van der Waals surface area contributed by atoms with Crippen LogP contribution in [0.4, 0.5) is 5.69 Å². The van der Waals surface area contributed by atoms with Gasteiger partial charge < -0.3 is 15.7 Å². The Kier molecular flexibility index (Phi) is 4.63. The molecule has 0 aliphatic carbocycles. The van der Waals surface area contributed by atoms with E-state index in [1.807, 2.05) is 38.1 Å². The number of amides is 1. The van der Waals surface area contributed by atoms with Crippen molar-refractivity contribution in [2.45, 2.75) is 32.7 Å². The van der Waals surface area contributed by atoms with Crippen LogP contribution in [-0.4, -0.2) is 29.6 Å². The largest absolute Gasteiger partial charge is 0.481 e. The highest BCUT2D eigenvalue weighted by Gasteiger charge is 2.34. The van der Waals surface area contributed by atoms with Crippen LogP contribution in [-0.2, 0) is 16.0 Å². The number of carboxylic acid groups (broad SMARTS) is 1. The zero-order chi connectivity index (χ0) is 15.6. The standard InChI is InChI=1S/C16H22N2O3/c1-10(2)7-13(17)15(19)18-9-12(16(20)21)8-11-5-3-4-6-14(11)18/h3-6,10,12-13H,7-9,17H2,1-2H3,(H,20,21). The average molecular weight is 290 g/mol. The number of benzene rings is 1. The lowest BCUT2D eigenvalue weighted by Gasteiger charge is -2.34. The Balaban J connectivity index is 2.28. The third-order valence-corrected chi connectivity index (χ3v) is 3.81. The van der Waals surface area contributed by atoms with E-state index in [9.17, 15) is 14.7 Å². The summed E-state index contributed by atoms with van der Waals surface area (Å²) in [5.74, 6) is -1.32. The fraction of sp³-hybridized carbons (Fsp3) is 0.500. The molecule has 1 heterocycles. The zero-order valence-corrected chi connectivity index (χ0v) is 12.5. The molecular weight excluding hydrogens is 268 g/mol. The summed E-state index contributed by atoms with van der Waals surface area (Å²) in [5, 5.41) is 9.28. The van der Waals surface area contributed by atoms with Gasteiger partial charge >= 0.3 is 5.97 Å². The average Bonchev–Trinajstić information content (AvgIpc) is 2.44. The van der Waals surface area contributed by atoms with Crippen molar-refractivity contribution in [2.75, 3.05) is 11.4 Å². The predicted octanol–water partition coefficient (Wildman–Crippen LogP) is 1.65. The van der Waals surface area contributed by atoms with Crippen molar-refractivity contribution in [3.8, 4) is 0 Å². The molecule has 114 valence electrons. The molecule has 1 aliphatic heterocycles. The molecule has 1 aliphatic rings. The van der Waals surface area contributed by atoms with E-state index in [4.69, 9.17) is 5.73 Å². The van der Waals surface area contributed by atoms with Crippen LogP contribution in [0.25, 0.3) is 0 Å². The molecular formula is C16H22N2O3. The van der Waals surface area contributed by atoms with Gasteiger partial charge in [0.05, 0.1) is 12.0 Å². The topological polar surface area (TPSA) is 83.6 Å². The Labute approximate surface area is 124 Å². The highest BCUT2D eigenvalue weighted by atomic mass is 16.4. The minimum atomic E-state index is -0.875. The molecule has 2 atom stereocenters.